The number of rotatable bonds is 5. The number of nitrogens with zero attached hydrogens (tertiary/aromatic N) is 3. The highest BCUT2D eigenvalue weighted by atomic mass is 32.1. The van der Waals surface area contributed by atoms with E-state index in [0.29, 0.717) is 33.1 Å². The smallest absolute Gasteiger partial charge is 0.283 e. The fourth-order valence-corrected chi connectivity index (χ4v) is 4.19. The molecule has 4 aromatic rings. The van der Waals surface area contributed by atoms with E-state index in [1.165, 1.54) is 23.5 Å². The number of aryl methyl sites for hydroxylation is 1. The van der Waals surface area contributed by atoms with Gasteiger partial charge in [-0.2, -0.15) is 4.99 Å². The molecule has 0 bridgehead atoms. The number of nitro groups is 1. The highest BCUT2D eigenvalue weighted by molar-refractivity contribution is 7.16. The number of aromatic nitrogens is 1. The molecule has 1 amide bonds. The molecule has 0 aliphatic rings. The van der Waals surface area contributed by atoms with Crippen LogP contribution in [0, 0.1) is 10.1 Å². The van der Waals surface area contributed by atoms with Crippen molar-refractivity contribution in [3.05, 3.63) is 93.3 Å². The summed E-state index contributed by atoms with van der Waals surface area (Å²) in [7, 11) is 0. The topological polar surface area (TPSA) is 86.7 Å². The second-order valence-electron chi connectivity index (χ2n) is 6.37. The van der Waals surface area contributed by atoms with Gasteiger partial charge in [-0.05, 0) is 37.3 Å². The van der Waals surface area contributed by atoms with Crippen molar-refractivity contribution in [1.29, 1.82) is 0 Å². The molecule has 8 heteroatoms. The van der Waals surface area contributed by atoms with Crippen LogP contribution in [0.2, 0.25) is 0 Å². The summed E-state index contributed by atoms with van der Waals surface area (Å²) in [6.45, 7) is 2.51. The van der Waals surface area contributed by atoms with Gasteiger partial charge in [0.25, 0.3) is 11.6 Å². The summed E-state index contributed by atoms with van der Waals surface area (Å²) in [5.41, 5.74) is 1.15. The monoisotopic (exact) mass is 419 g/mol. The van der Waals surface area contributed by atoms with Crippen LogP contribution in [0.5, 0.6) is 11.5 Å². The van der Waals surface area contributed by atoms with Crippen molar-refractivity contribution in [3.8, 4) is 11.5 Å². The Hall–Kier alpha value is -3.78. The van der Waals surface area contributed by atoms with Crippen LogP contribution in [-0.2, 0) is 6.54 Å². The van der Waals surface area contributed by atoms with Gasteiger partial charge >= 0.3 is 0 Å². The van der Waals surface area contributed by atoms with Crippen LogP contribution in [0.25, 0.3) is 10.2 Å². The van der Waals surface area contributed by atoms with E-state index in [-0.39, 0.29) is 5.69 Å². The number of para-hydroxylation sites is 2. The molecule has 3 aromatic carbocycles. The molecular weight excluding hydrogens is 402 g/mol. The van der Waals surface area contributed by atoms with Crippen molar-refractivity contribution in [2.45, 2.75) is 13.5 Å². The van der Waals surface area contributed by atoms with E-state index in [1.54, 1.807) is 30.3 Å². The maximum absolute atomic E-state index is 13.0. The molecule has 0 fully saturated rings. The second-order valence-corrected chi connectivity index (χ2v) is 7.38. The number of non-ortho nitro benzene ring substituents is 1. The van der Waals surface area contributed by atoms with Gasteiger partial charge in [0.2, 0.25) is 0 Å². The van der Waals surface area contributed by atoms with Gasteiger partial charge in [0.1, 0.15) is 11.5 Å². The average molecular weight is 419 g/mol. The van der Waals surface area contributed by atoms with Gasteiger partial charge in [-0.15, -0.1) is 0 Å². The first kappa shape index (κ1) is 19.5. The van der Waals surface area contributed by atoms with Gasteiger partial charge in [-0.1, -0.05) is 41.7 Å². The molecule has 4 rings (SSSR count). The number of thiazole rings is 1. The molecule has 0 aliphatic heterocycles. The lowest BCUT2D eigenvalue weighted by Gasteiger charge is -2.08. The van der Waals surface area contributed by atoms with Gasteiger partial charge in [0.15, 0.2) is 4.80 Å². The van der Waals surface area contributed by atoms with Gasteiger partial charge in [0, 0.05) is 18.7 Å². The summed E-state index contributed by atoms with van der Waals surface area (Å²) in [6, 6.07) is 20.8. The predicted octanol–water partition coefficient (Wildman–Crippen LogP) is 5.16. The Bertz CT molecular complexity index is 1310. The van der Waals surface area contributed by atoms with Crippen molar-refractivity contribution in [3.63, 3.8) is 0 Å². The van der Waals surface area contributed by atoms with Gasteiger partial charge in [0.05, 0.1) is 20.7 Å². The summed E-state index contributed by atoms with van der Waals surface area (Å²) in [4.78, 5) is 28.4. The second kappa shape index (κ2) is 8.30. The normalized spacial score (nSPS) is 11.6. The zero-order valence-electron chi connectivity index (χ0n) is 16.0. The number of carbonyl (C=O) groups excluding carboxylic acids is 1. The fraction of sp³-hybridized carbons (Fsp3) is 0.0909. The zero-order chi connectivity index (χ0) is 21.1. The van der Waals surface area contributed by atoms with E-state index in [9.17, 15) is 14.9 Å². The Balaban J connectivity index is 1.76. The molecule has 150 valence electrons. The third kappa shape index (κ3) is 3.85. The van der Waals surface area contributed by atoms with Gasteiger partial charge in [-0.25, -0.2) is 0 Å². The molecule has 30 heavy (non-hydrogen) atoms. The molecule has 1 heterocycles. The molecule has 0 atom stereocenters. The highest BCUT2D eigenvalue weighted by Gasteiger charge is 2.15. The summed E-state index contributed by atoms with van der Waals surface area (Å²) in [6.07, 6.45) is 0. The Morgan fingerprint density at radius 3 is 2.57 bits per heavy atom. The van der Waals surface area contributed by atoms with E-state index in [2.05, 4.69) is 4.99 Å². The summed E-state index contributed by atoms with van der Waals surface area (Å²) in [5.74, 6) is 0.595. The first-order valence-electron chi connectivity index (χ1n) is 9.25. The molecule has 0 saturated heterocycles. The number of fused-ring (bicyclic) bond motifs is 1. The standard InChI is InChI=1S/C22H17N3O4S/c1-2-24-18-13-12-15(25(27)28)14-20(18)30-22(24)23-21(26)17-10-6-7-11-19(17)29-16-8-4-3-5-9-16/h3-14H,2H2,1H3. The number of carbonyl (C=O) groups is 1. The molecular formula is C22H17N3O4S. The lowest BCUT2D eigenvalue weighted by atomic mass is 10.2. The number of hydrogen-bond acceptors (Lipinski definition) is 5. The Labute approximate surface area is 175 Å². The van der Waals surface area contributed by atoms with Crippen molar-refractivity contribution < 1.29 is 14.5 Å². The first-order valence-corrected chi connectivity index (χ1v) is 10.1. The van der Waals surface area contributed by atoms with E-state index < -0.39 is 10.8 Å². The van der Waals surface area contributed by atoms with Crippen LogP contribution < -0.4 is 9.54 Å². The predicted molar refractivity (Wildman–Crippen MR) is 115 cm³/mol. The summed E-state index contributed by atoms with van der Waals surface area (Å²) >= 11 is 1.24. The van der Waals surface area contributed by atoms with Crippen LogP contribution in [0.3, 0.4) is 0 Å². The van der Waals surface area contributed by atoms with Gasteiger partial charge in [-0.3, -0.25) is 14.9 Å². The van der Waals surface area contributed by atoms with Crippen LogP contribution in [0.4, 0.5) is 5.69 Å². The summed E-state index contributed by atoms with van der Waals surface area (Å²) in [5, 5.41) is 11.1. The van der Waals surface area contributed by atoms with Crippen LogP contribution in [0.1, 0.15) is 17.3 Å². The molecule has 1 aromatic heterocycles. The van der Waals surface area contributed by atoms with E-state index in [0.717, 1.165) is 5.52 Å². The Morgan fingerprint density at radius 2 is 1.83 bits per heavy atom. The van der Waals surface area contributed by atoms with E-state index >= 15 is 0 Å². The third-order valence-electron chi connectivity index (χ3n) is 4.48. The van der Waals surface area contributed by atoms with E-state index in [1.807, 2.05) is 41.8 Å². The average Bonchev–Trinajstić information content (AvgIpc) is 3.10. The van der Waals surface area contributed by atoms with Crippen LogP contribution in [0.15, 0.2) is 77.8 Å². The summed E-state index contributed by atoms with van der Waals surface area (Å²) < 4.78 is 8.43. The van der Waals surface area contributed by atoms with Crippen LogP contribution in [-0.4, -0.2) is 15.4 Å². The van der Waals surface area contributed by atoms with Crippen molar-refractivity contribution in [1.82, 2.24) is 4.57 Å². The fourth-order valence-electron chi connectivity index (χ4n) is 3.06. The quantitative estimate of drug-likeness (QED) is 0.330. The van der Waals surface area contributed by atoms with Crippen molar-refractivity contribution in [2.24, 2.45) is 4.99 Å². The minimum absolute atomic E-state index is 0.00601. The highest BCUT2D eigenvalue weighted by Crippen LogP contribution is 2.26. The third-order valence-corrected chi connectivity index (χ3v) is 5.52. The minimum atomic E-state index is -0.440. The van der Waals surface area contributed by atoms with Crippen molar-refractivity contribution >= 4 is 33.1 Å². The molecule has 0 N–H and O–H groups in total. The number of hydrogen-bond donors (Lipinski definition) is 0. The van der Waals surface area contributed by atoms with Crippen LogP contribution >= 0.6 is 11.3 Å². The molecule has 0 aliphatic carbocycles. The zero-order valence-corrected chi connectivity index (χ0v) is 16.8. The number of nitro benzene ring substituents is 1. The minimum Gasteiger partial charge on any atom is -0.457 e. The SMILES string of the molecule is CCn1c(=NC(=O)c2ccccc2Oc2ccccc2)sc2cc([N+](=O)[O-])ccc21. The molecule has 7 nitrogen and oxygen atoms in total. The molecule has 0 unspecified atom stereocenters. The number of benzene rings is 3. The number of amides is 1. The maximum atomic E-state index is 13.0. The number of ether oxygens (including phenoxy) is 1. The Kier molecular flexibility index (Phi) is 5.40. The van der Waals surface area contributed by atoms with Gasteiger partial charge < -0.3 is 9.30 Å². The van der Waals surface area contributed by atoms with E-state index in [4.69, 9.17) is 4.74 Å². The first-order chi connectivity index (χ1) is 14.6. The largest absolute Gasteiger partial charge is 0.457 e. The molecule has 0 radical (unpaired) electrons. The Morgan fingerprint density at radius 1 is 1.10 bits per heavy atom. The lowest BCUT2D eigenvalue weighted by molar-refractivity contribution is -0.384. The maximum Gasteiger partial charge on any atom is 0.283 e. The molecule has 0 saturated carbocycles. The molecule has 0 spiro atoms. The van der Waals surface area contributed by atoms with Crippen molar-refractivity contribution in [2.75, 3.05) is 0 Å². The lowest BCUT2D eigenvalue weighted by Crippen LogP contribution is -2.16.